The van der Waals surface area contributed by atoms with E-state index in [-0.39, 0.29) is 0 Å². The number of rotatable bonds is 4. The molecule has 0 aliphatic rings. The van der Waals surface area contributed by atoms with Gasteiger partial charge in [-0.15, -0.1) is 0 Å². The van der Waals surface area contributed by atoms with E-state index in [1.54, 1.807) is 18.7 Å². The number of anilines is 1. The summed E-state index contributed by atoms with van der Waals surface area (Å²) in [6.07, 6.45) is 7.10. The molecule has 3 rings (SSSR count). The molecule has 0 bridgehead atoms. The van der Waals surface area contributed by atoms with E-state index >= 15 is 0 Å². The molecule has 3 aromatic rings. The average molecular weight is 370 g/mol. The number of hydrogen-bond donors (Lipinski definition) is 2. The van der Waals surface area contributed by atoms with Crippen LogP contribution in [0.3, 0.4) is 0 Å². The second-order valence-electron chi connectivity index (χ2n) is 5.30. The van der Waals surface area contributed by atoms with Crippen molar-refractivity contribution in [3.8, 4) is 5.69 Å². The highest BCUT2D eigenvalue weighted by Crippen LogP contribution is 2.22. The molecule has 0 saturated heterocycles. The fourth-order valence-corrected chi connectivity index (χ4v) is 2.54. The molecule has 0 radical (unpaired) electrons. The van der Waals surface area contributed by atoms with Crippen LogP contribution in [0, 0.1) is 6.92 Å². The van der Waals surface area contributed by atoms with Gasteiger partial charge in [0.15, 0.2) is 5.11 Å². The summed E-state index contributed by atoms with van der Waals surface area (Å²) in [5.74, 6) is 0. The fraction of sp³-hybridized carbons (Fsp3) is 0.0556. The quantitative estimate of drug-likeness (QED) is 0.412. The highest BCUT2D eigenvalue weighted by molar-refractivity contribution is 7.80. The molecule has 0 aliphatic carbocycles. The molecule has 0 aliphatic heterocycles. The smallest absolute Gasteiger partial charge is 0.191 e. The number of imidazole rings is 1. The molecule has 1 heterocycles. The highest BCUT2D eigenvalue weighted by atomic mass is 35.5. The van der Waals surface area contributed by atoms with E-state index in [0.717, 1.165) is 22.5 Å². The van der Waals surface area contributed by atoms with Gasteiger partial charge in [0.05, 0.1) is 12.5 Å². The molecule has 2 N–H and O–H groups in total. The van der Waals surface area contributed by atoms with E-state index in [2.05, 4.69) is 20.8 Å². The molecule has 5 nitrogen and oxygen atoms in total. The van der Waals surface area contributed by atoms with Crippen molar-refractivity contribution >= 4 is 40.8 Å². The van der Waals surface area contributed by atoms with Crippen molar-refractivity contribution in [2.45, 2.75) is 6.92 Å². The Morgan fingerprint density at radius 3 is 2.76 bits per heavy atom. The maximum atomic E-state index is 6.09. The van der Waals surface area contributed by atoms with Gasteiger partial charge in [-0.05, 0) is 54.5 Å². The van der Waals surface area contributed by atoms with Crippen LogP contribution >= 0.6 is 23.8 Å². The van der Waals surface area contributed by atoms with Gasteiger partial charge in [-0.2, -0.15) is 5.10 Å². The van der Waals surface area contributed by atoms with Crippen LogP contribution in [0.1, 0.15) is 11.1 Å². The molecule has 25 heavy (non-hydrogen) atoms. The molecular weight excluding hydrogens is 354 g/mol. The van der Waals surface area contributed by atoms with Gasteiger partial charge in [0.1, 0.15) is 0 Å². The largest absolute Gasteiger partial charge is 0.331 e. The van der Waals surface area contributed by atoms with Crippen molar-refractivity contribution in [3.05, 3.63) is 77.3 Å². The minimum Gasteiger partial charge on any atom is -0.331 e. The lowest BCUT2D eigenvalue weighted by Gasteiger charge is -2.10. The number of hydrazone groups is 1. The second-order valence-corrected chi connectivity index (χ2v) is 6.11. The molecule has 0 atom stereocenters. The lowest BCUT2D eigenvalue weighted by molar-refractivity contribution is 1.05. The first-order valence-corrected chi connectivity index (χ1v) is 8.35. The molecular formula is C18H16ClN5S. The van der Waals surface area contributed by atoms with Crippen LogP contribution in [0.25, 0.3) is 5.69 Å². The lowest BCUT2D eigenvalue weighted by atomic mass is 10.2. The molecule has 0 spiro atoms. The van der Waals surface area contributed by atoms with Crippen LogP contribution in [-0.2, 0) is 0 Å². The first kappa shape index (κ1) is 17.1. The number of halogens is 1. The van der Waals surface area contributed by atoms with Crippen LogP contribution in [0.5, 0.6) is 0 Å². The van der Waals surface area contributed by atoms with E-state index in [0.29, 0.717) is 10.1 Å². The Morgan fingerprint density at radius 1 is 1.24 bits per heavy atom. The topological polar surface area (TPSA) is 54.2 Å². The summed E-state index contributed by atoms with van der Waals surface area (Å²) in [6.45, 7) is 1.93. The normalized spacial score (nSPS) is 10.8. The zero-order valence-corrected chi connectivity index (χ0v) is 15.1. The van der Waals surface area contributed by atoms with Gasteiger partial charge in [0.2, 0.25) is 0 Å². The van der Waals surface area contributed by atoms with Crippen LogP contribution in [-0.4, -0.2) is 20.9 Å². The minimum absolute atomic E-state index is 0.400. The summed E-state index contributed by atoms with van der Waals surface area (Å²) < 4.78 is 1.94. The number of nitrogens with zero attached hydrogens (tertiary/aromatic N) is 3. The SMILES string of the molecule is Cc1c(Cl)cccc1NC(=S)N/N=C/c1ccc(-n2ccnc2)cc1. The Bertz CT molecular complexity index is 888. The summed E-state index contributed by atoms with van der Waals surface area (Å²) in [6, 6.07) is 13.5. The van der Waals surface area contributed by atoms with Crippen molar-refractivity contribution in [1.29, 1.82) is 0 Å². The summed E-state index contributed by atoms with van der Waals surface area (Å²) in [4.78, 5) is 4.03. The third-order valence-electron chi connectivity index (χ3n) is 3.59. The molecule has 0 saturated carbocycles. The zero-order chi connectivity index (χ0) is 17.6. The predicted molar refractivity (Wildman–Crippen MR) is 107 cm³/mol. The van der Waals surface area contributed by atoms with Crippen molar-refractivity contribution in [3.63, 3.8) is 0 Å². The third-order valence-corrected chi connectivity index (χ3v) is 4.19. The standard InChI is InChI=1S/C18H16ClN5S/c1-13-16(19)3-2-4-17(13)22-18(25)23-21-11-14-5-7-15(8-6-14)24-10-9-20-12-24/h2-12H,1H3,(H2,22,23,25)/b21-11+. The lowest BCUT2D eigenvalue weighted by Crippen LogP contribution is -2.24. The van der Waals surface area contributed by atoms with Crippen LogP contribution < -0.4 is 10.7 Å². The van der Waals surface area contributed by atoms with E-state index in [4.69, 9.17) is 23.8 Å². The maximum Gasteiger partial charge on any atom is 0.191 e. The molecule has 0 fully saturated rings. The van der Waals surface area contributed by atoms with Gasteiger partial charge in [-0.1, -0.05) is 29.8 Å². The number of aromatic nitrogens is 2. The van der Waals surface area contributed by atoms with E-state index in [1.165, 1.54) is 0 Å². The Labute approximate surface area is 156 Å². The molecule has 126 valence electrons. The number of benzene rings is 2. The summed E-state index contributed by atoms with van der Waals surface area (Å²) >= 11 is 11.3. The van der Waals surface area contributed by atoms with Crippen molar-refractivity contribution in [2.75, 3.05) is 5.32 Å². The highest BCUT2D eigenvalue weighted by Gasteiger charge is 2.03. The Kier molecular flexibility index (Phi) is 5.42. The summed E-state index contributed by atoms with van der Waals surface area (Å²) in [5.41, 5.74) is 6.58. The molecule has 0 amide bonds. The second kappa shape index (κ2) is 7.92. The first-order chi connectivity index (χ1) is 12.1. The predicted octanol–water partition coefficient (Wildman–Crippen LogP) is 4.15. The molecule has 7 heteroatoms. The van der Waals surface area contributed by atoms with Crippen molar-refractivity contribution < 1.29 is 0 Å². The zero-order valence-electron chi connectivity index (χ0n) is 13.5. The molecule has 1 aromatic heterocycles. The fourth-order valence-electron chi connectivity index (χ4n) is 2.20. The average Bonchev–Trinajstić information content (AvgIpc) is 3.14. The van der Waals surface area contributed by atoms with Crippen LogP contribution in [0.2, 0.25) is 5.02 Å². The van der Waals surface area contributed by atoms with E-state index < -0.39 is 0 Å². The van der Waals surface area contributed by atoms with Crippen LogP contribution in [0.15, 0.2) is 66.3 Å². The first-order valence-electron chi connectivity index (χ1n) is 7.57. The number of thiocarbonyl (C=S) groups is 1. The maximum absolute atomic E-state index is 6.09. The Balaban J connectivity index is 1.57. The Hall–Kier alpha value is -2.70. The molecule has 2 aromatic carbocycles. The number of nitrogens with one attached hydrogen (secondary N) is 2. The van der Waals surface area contributed by atoms with Gasteiger partial charge in [0.25, 0.3) is 0 Å². The van der Waals surface area contributed by atoms with Gasteiger partial charge >= 0.3 is 0 Å². The van der Waals surface area contributed by atoms with Gasteiger partial charge in [-0.25, -0.2) is 4.98 Å². The van der Waals surface area contributed by atoms with E-state index in [1.807, 2.05) is 60.2 Å². The molecule has 0 unspecified atom stereocenters. The monoisotopic (exact) mass is 369 g/mol. The van der Waals surface area contributed by atoms with Crippen molar-refractivity contribution in [1.82, 2.24) is 15.0 Å². The van der Waals surface area contributed by atoms with Gasteiger partial charge in [0, 0.05) is 28.8 Å². The Morgan fingerprint density at radius 2 is 2.04 bits per heavy atom. The van der Waals surface area contributed by atoms with Gasteiger partial charge in [-0.3, -0.25) is 5.43 Å². The summed E-state index contributed by atoms with van der Waals surface area (Å²) in [5, 5.41) is 8.32. The number of hydrogen-bond acceptors (Lipinski definition) is 3. The van der Waals surface area contributed by atoms with Crippen molar-refractivity contribution in [2.24, 2.45) is 5.10 Å². The van der Waals surface area contributed by atoms with Gasteiger partial charge < -0.3 is 9.88 Å². The minimum atomic E-state index is 0.400. The third kappa shape index (κ3) is 4.43. The van der Waals surface area contributed by atoms with E-state index in [9.17, 15) is 0 Å². The van der Waals surface area contributed by atoms with Crippen LogP contribution in [0.4, 0.5) is 5.69 Å². The summed E-state index contributed by atoms with van der Waals surface area (Å²) in [7, 11) is 0.